The van der Waals surface area contributed by atoms with E-state index in [1.807, 2.05) is 37.3 Å². The molecule has 7 heteroatoms. The fraction of sp³-hybridized carbons (Fsp3) is 0.120. The van der Waals surface area contributed by atoms with Crippen molar-refractivity contribution in [1.82, 2.24) is 9.97 Å². The Labute approximate surface area is 193 Å². The average molecular weight is 492 g/mol. The maximum atomic E-state index is 13.5. The predicted octanol–water partition coefficient (Wildman–Crippen LogP) is 6.42. The molecule has 4 aromatic rings. The van der Waals surface area contributed by atoms with E-state index < -0.39 is 0 Å². The molecular formula is C25H19BrFN3O2. The second-order valence-corrected chi connectivity index (χ2v) is 8.07. The highest BCUT2D eigenvalue weighted by Crippen LogP contribution is 2.36. The number of aromatic nitrogens is 2. The first kappa shape index (κ1) is 21.6. The highest BCUT2D eigenvalue weighted by atomic mass is 79.9. The molecule has 0 saturated carbocycles. The van der Waals surface area contributed by atoms with Crippen molar-refractivity contribution in [2.45, 2.75) is 13.5 Å². The second kappa shape index (κ2) is 9.25. The highest BCUT2D eigenvalue weighted by Gasteiger charge is 2.13. The van der Waals surface area contributed by atoms with Crippen molar-refractivity contribution < 1.29 is 13.9 Å². The minimum absolute atomic E-state index is 0.303. The number of imidazole rings is 1. The van der Waals surface area contributed by atoms with Crippen LogP contribution in [0.4, 0.5) is 4.39 Å². The Bertz CT molecular complexity index is 1350. The number of aryl methyl sites for hydroxylation is 1. The van der Waals surface area contributed by atoms with Gasteiger partial charge < -0.3 is 14.5 Å². The maximum absolute atomic E-state index is 13.5. The Morgan fingerprint density at radius 1 is 1.16 bits per heavy atom. The summed E-state index contributed by atoms with van der Waals surface area (Å²) in [5, 5.41) is 9.70. The molecular weight excluding hydrogens is 473 g/mol. The quantitative estimate of drug-likeness (QED) is 0.315. The van der Waals surface area contributed by atoms with Gasteiger partial charge in [0.2, 0.25) is 0 Å². The number of aromatic amines is 1. The summed E-state index contributed by atoms with van der Waals surface area (Å²) in [6.07, 6.45) is 1.68. The number of nitrogens with one attached hydrogen (secondary N) is 1. The number of hydrogen-bond acceptors (Lipinski definition) is 4. The van der Waals surface area contributed by atoms with Crippen molar-refractivity contribution in [3.63, 3.8) is 0 Å². The zero-order valence-electron chi connectivity index (χ0n) is 17.4. The SMILES string of the molecule is COc1cc(/C=C(/C#N)c2nc3ccc(F)cc3[nH]2)c(Br)cc1OCc1ccc(C)cc1. The van der Waals surface area contributed by atoms with Crippen LogP contribution in [-0.2, 0) is 6.61 Å². The number of rotatable bonds is 6. The van der Waals surface area contributed by atoms with Gasteiger partial charge in [-0.15, -0.1) is 0 Å². The van der Waals surface area contributed by atoms with Gasteiger partial charge in [0.25, 0.3) is 0 Å². The molecule has 1 aromatic heterocycles. The lowest BCUT2D eigenvalue weighted by atomic mass is 10.1. The lowest BCUT2D eigenvalue weighted by Crippen LogP contribution is -1.98. The summed E-state index contributed by atoms with van der Waals surface area (Å²) in [4.78, 5) is 7.39. The lowest BCUT2D eigenvalue weighted by Gasteiger charge is -2.13. The number of benzene rings is 3. The standard InChI is InChI=1S/C25H19BrFN3O2/c1-15-3-5-16(6-4-15)14-32-24-12-20(26)17(10-23(24)31-2)9-18(13-28)25-29-21-8-7-19(27)11-22(21)30-25/h3-12H,14H2,1-2H3,(H,29,30)/b18-9-. The van der Waals surface area contributed by atoms with Crippen molar-refractivity contribution >= 4 is 38.6 Å². The van der Waals surface area contributed by atoms with E-state index in [1.165, 1.54) is 17.7 Å². The third-order valence-electron chi connectivity index (χ3n) is 4.92. The molecule has 160 valence electrons. The van der Waals surface area contributed by atoms with Gasteiger partial charge in [-0.1, -0.05) is 45.8 Å². The Balaban J connectivity index is 1.64. The van der Waals surface area contributed by atoms with Crippen molar-refractivity contribution in [1.29, 1.82) is 5.26 Å². The van der Waals surface area contributed by atoms with Gasteiger partial charge in [0.1, 0.15) is 24.3 Å². The van der Waals surface area contributed by atoms with E-state index in [4.69, 9.17) is 9.47 Å². The molecule has 32 heavy (non-hydrogen) atoms. The van der Waals surface area contributed by atoms with E-state index in [-0.39, 0.29) is 5.82 Å². The van der Waals surface area contributed by atoms with Crippen LogP contribution in [0, 0.1) is 24.1 Å². The van der Waals surface area contributed by atoms with Gasteiger partial charge in [-0.3, -0.25) is 0 Å². The summed E-state index contributed by atoms with van der Waals surface area (Å²) < 4.78 is 25.7. The summed E-state index contributed by atoms with van der Waals surface area (Å²) in [6, 6.07) is 18.1. The number of ether oxygens (including phenoxy) is 2. The molecule has 0 amide bonds. The second-order valence-electron chi connectivity index (χ2n) is 7.22. The first-order valence-corrected chi connectivity index (χ1v) is 10.6. The molecule has 5 nitrogen and oxygen atoms in total. The highest BCUT2D eigenvalue weighted by molar-refractivity contribution is 9.10. The maximum Gasteiger partial charge on any atom is 0.162 e. The summed E-state index contributed by atoms with van der Waals surface area (Å²) >= 11 is 3.55. The molecule has 0 fully saturated rings. The van der Waals surface area contributed by atoms with Crippen LogP contribution in [0.15, 0.2) is 59.1 Å². The molecule has 3 aromatic carbocycles. The smallest absolute Gasteiger partial charge is 0.162 e. The first-order chi connectivity index (χ1) is 15.5. The van der Waals surface area contributed by atoms with Crippen LogP contribution in [0.25, 0.3) is 22.7 Å². The topological polar surface area (TPSA) is 70.9 Å². The van der Waals surface area contributed by atoms with E-state index in [0.717, 1.165) is 10.0 Å². The minimum atomic E-state index is -0.371. The summed E-state index contributed by atoms with van der Waals surface area (Å²) in [6.45, 7) is 2.44. The number of nitriles is 1. The minimum Gasteiger partial charge on any atom is -0.493 e. The summed E-state index contributed by atoms with van der Waals surface area (Å²) in [5.74, 6) is 1.10. The van der Waals surface area contributed by atoms with Crippen LogP contribution in [-0.4, -0.2) is 17.1 Å². The van der Waals surface area contributed by atoms with E-state index in [0.29, 0.717) is 46.1 Å². The predicted molar refractivity (Wildman–Crippen MR) is 126 cm³/mol. The first-order valence-electron chi connectivity index (χ1n) is 9.80. The molecule has 0 atom stereocenters. The van der Waals surface area contributed by atoms with E-state index in [1.54, 1.807) is 25.3 Å². The molecule has 0 aliphatic rings. The Hall–Kier alpha value is -3.63. The number of allylic oxidation sites excluding steroid dienone is 1. The van der Waals surface area contributed by atoms with E-state index in [2.05, 4.69) is 32.0 Å². The number of nitrogens with zero attached hydrogens (tertiary/aromatic N) is 2. The fourth-order valence-corrected chi connectivity index (χ4v) is 3.63. The van der Waals surface area contributed by atoms with Crippen LogP contribution >= 0.6 is 15.9 Å². The van der Waals surface area contributed by atoms with Gasteiger partial charge >= 0.3 is 0 Å². The van der Waals surface area contributed by atoms with Gasteiger partial charge in [0.15, 0.2) is 11.5 Å². The number of fused-ring (bicyclic) bond motifs is 1. The molecule has 0 radical (unpaired) electrons. The molecule has 0 saturated heterocycles. The number of halogens is 2. The Morgan fingerprint density at radius 3 is 2.66 bits per heavy atom. The summed E-state index contributed by atoms with van der Waals surface area (Å²) in [7, 11) is 1.56. The normalized spacial score (nSPS) is 11.4. The largest absolute Gasteiger partial charge is 0.493 e. The molecule has 0 aliphatic heterocycles. The lowest BCUT2D eigenvalue weighted by molar-refractivity contribution is 0.284. The molecule has 1 N–H and O–H groups in total. The molecule has 0 unspecified atom stereocenters. The third-order valence-corrected chi connectivity index (χ3v) is 5.60. The molecule has 1 heterocycles. The number of hydrogen-bond donors (Lipinski definition) is 1. The van der Waals surface area contributed by atoms with E-state index in [9.17, 15) is 9.65 Å². The molecule has 4 rings (SSSR count). The zero-order chi connectivity index (χ0) is 22.7. The van der Waals surface area contributed by atoms with Gasteiger partial charge in [0.05, 0.1) is 23.7 Å². The number of H-pyrrole nitrogens is 1. The zero-order valence-corrected chi connectivity index (χ0v) is 19.0. The Kier molecular flexibility index (Phi) is 6.24. The van der Waals surface area contributed by atoms with Crippen LogP contribution in [0.3, 0.4) is 0 Å². The monoisotopic (exact) mass is 491 g/mol. The molecule has 0 bridgehead atoms. The van der Waals surface area contributed by atoms with Crippen LogP contribution in [0.5, 0.6) is 11.5 Å². The van der Waals surface area contributed by atoms with Crippen molar-refractivity contribution in [3.8, 4) is 17.6 Å². The Morgan fingerprint density at radius 2 is 1.94 bits per heavy atom. The summed E-state index contributed by atoms with van der Waals surface area (Å²) in [5.41, 5.74) is 4.36. The number of methoxy groups -OCH3 is 1. The van der Waals surface area contributed by atoms with Crippen molar-refractivity contribution in [2.24, 2.45) is 0 Å². The van der Waals surface area contributed by atoms with Gasteiger partial charge in [0, 0.05) is 4.47 Å². The van der Waals surface area contributed by atoms with Gasteiger partial charge in [-0.25, -0.2) is 9.37 Å². The van der Waals surface area contributed by atoms with Crippen LogP contribution < -0.4 is 9.47 Å². The molecule has 0 aliphatic carbocycles. The van der Waals surface area contributed by atoms with Gasteiger partial charge in [-0.2, -0.15) is 5.26 Å². The van der Waals surface area contributed by atoms with Crippen LogP contribution in [0.1, 0.15) is 22.5 Å². The van der Waals surface area contributed by atoms with Crippen LogP contribution in [0.2, 0.25) is 0 Å². The van der Waals surface area contributed by atoms with Crippen molar-refractivity contribution in [2.75, 3.05) is 7.11 Å². The average Bonchev–Trinajstić information content (AvgIpc) is 3.21. The van der Waals surface area contributed by atoms with Crippen molar-refractivity contribution in [3.05, 3.63) is 87.4 Å². The van der Waals surface area contributed by atoms with Gasteiger partial charge in [-0.05, 0) is 54.5 Å². The van der Waals surface area contributed by atoms with E-state index >= 15 is 0 Å². The fourth-order valence-electron chi connectivity index (χ4n) is 3.20. The third kappa shape index (κ3) is 4.66. The molecule has 0 spiro atoms.